The number of hydrogen-bond acceptors (Lipinski definition) is 13. The zero-order valence-electron chi connectivity index (χ0n) is 40.7. The number of allylic oxidation sites excluding steroid dienone is 2. The smallest absolute Gasteiger partial charge is 0.220 e. The van der Waals surface area contributed by atoms with Crippen LogP contribution in [0.4, 0.5) is 0 Å². The van der Waals surface area contributed by atoms with Crippen LogP contribution in [-0.2, 0) is 23.7 Å². The second-order valence-electron chi connectivity index (χ2n) is 19.0. The monoisotopic (exact) mass is 932 g/mol. The zero-order chi connectivity index (χ0) is 47.5. The van der Waals surface area contributed by atoms with E-state index in [1.807, 2.05) is 0 Å². The van der Waals surface area contributed by atoms with Gasteiger partial charge in [0.1, 0.15) is 48.8 Å². The van der Waals surface area contributed by atoms with Gasteiger partial charge in [0.05, 0.1) is 32.0 Å². The number of unbranched alkanes of at least 4 members (excludes halogenated alkanes) is 26. The maximum absolute atomic E-state index is 13.1. The highest BCUT2D eigenvalue weighted by Crippen LogP contribution is 2.30. The Balaban J connectivity index is 1.59. The molecule has 0 radical (unpaired) electrons. The molecular weight excluding hydrogens is 835 g/mol. The third-order valence-corrected chi connectivity index (χ3v) is 13.2. The maximum atomic E-state index is 13.1. The van der Waals surface area contributed by atoms with Crippen molar-refractivity contribution in [2.45, 2.75) is 286 Å². The molecule has 384 valence electrons. The number of nitrogens with one attached hydrogen (secondary N) is 1. The minimum absolute atomic E-state index is 0.214. The molecule has 14 heteroatoms. The Bertz CT molecular complexity index is 1150. The molecule has 12 unspecified atom stereocenters. The van der Waals surface area contributed by atoms with E-state index in [1.54, 1.807) is 0 Å². The highest BCUT2D eigenvalue weighted by atomic mass is 16.7. The number of carbonyl (C=O) groups excluding carboxylic acids is 1. The van der Waals surface area contributed by atoms with Crippen LogP contribution in [0.1, 0.15) is 213 Å². The summed E-state index contributed by atoms with van der Waals surface area (Å²) in [4.78, 5) is 13.1. The number of ether oxygens (including phenoxy) is 4. The van der Waals surface area contributed by atoms with Gasteiger partial charge in [-0.1, -0.05) is 180 Å². The summed E-state index contributed by atoms with van der Waals surface area (Å²) >= 11 is 0. The Morgan fingerprint density at radius 2 is 0.969 bits per heavy atom. The molecule has 0 aliphatic carbocycles. The fourth-order valence-electron chi connectivity index (χ4n) is 8.88. The summed E-state index contributed by atoms with van der Waals surface area (Å²) in [5.41, 5.74) is 0. The van der Waals surface area contributed by atoms with E-state index >= 15 is 0 Å². The van der Waals surface area contributed by atoms with Crippen LogP contribution in [-0.4, -0.2) is 140 Å². The first-order chi connectivity index (χ1) is 31.6. The molecule has 2 aliphatic heterocycles. The van der Waals surface area contributed by atoms with Crippen molar-refractivity contribution in [3.05, 3.63) is 12.2 Å². The summed E-state index contributed by atoms with van der Waals surface area (Å²) in [6.07, 6.45) is 24.6. The van der Waals surface area contributed by atoms with Crippen LogP contribution in [0.2, 0.25) is 0 Å². The molecule has 9 N–H and O–H groups in total. The summed E-state index contributed by atoms with van der Waals surface area (Å²) in [7, 11) is 0. The third kappa shape index (κ3) is 25.8. The summed E-state index contributed by atoms with van der Waals surface area (Å²) in [5, 5.41) is 86.2. The molecule has 0 bridgehead atoms. The molecule has 12 atom stereocenters. The minimum Gasteiger partial charge on any atom is -0.394 e. The Morgan fingerprint density at radius 1 is 0.538 bits per heavy atom. The average Bonchev–Trinajstić information content (AvgIpc) is 3.30. The lowest BCUT2D eigenvalue weighted by molar-refractivity contribution is -0.359. The minimum atomic E-state index is -1.78. The van der Waals surface area contributed by atoms with Gasteiger partial charge < -0.3 is 65.1 Å². The van der Waals surface area contributed by atoms with E-state index in [-0.39, 0.29) is 12.5 Å². The van der Waals surface area contributed by atoms with Crippen LogP contribution in [0.15, 0.2) is 12.2 Å². The molecule has 0 saturated carbocycles. The van der Waals surface area contributed by atoms with Crippen LogP contribution >= 0.6 is 0 Å². The summed E-state index contributed by atoms with van der Waals surface area (Å²) in [6.45, 7) is 2.72. The molecule has 0 aromatic rings. The average molecular weight is 932 g/mol. The number of rotatable bonds is 41. The number of amides is 1. The van der Waals surface area contributed by atoms with Crippen molar-refractivity contribution < 1.29 is 64.6 Å². The van der Waals surface area contributed by atoms with Gasteiger partial charge in [-0.05, 0) is 38.5 Å². The lowest BCUT2D eigenvalue weighted by Gasteiger charge is -2.46. The predicted molar refractivity (Wildman–Crippen MR) is 254 cm³/mol. The number of aliphatic hydroxyl groups is 8. The maximum Gasteiger partial charge on any atom is 0.220 e. The van der Waals surface area contributed by atoms with Crippen molar-refractivity contribution in [2.75, 3.05) is 19.8 Å². The van der Waals surface area contributed by atoms with Crippen molar-refractivity contribution in [3.8, 4) is 0 Å². The van der Waals surface area contributed by atoms with Gasteiger partial charge in [-0.3, -0.25) is 4.79 Å². The highest BCUT2D eigenvalue weighted by molar-refractivity contribution is 5.76. The van der Waals surface area contributed by atoms with E-state index in [0.717, 1.165) is 51.4 Å². The van der Waals surface area contributed by atoms with Crippen molar-refractivity contribution in [2.24, 2.45) is 0 Å². The Kier molecular flexibility index (Phi) is 35.5. The predicted octanol–water partition coefficient (Wildman–Crippen LogP) is 7.16. The molecule has 2 heterocycles. The second kappa shape index (κ2) is 38.6. The lowest BCUT2D eigenvalue weighted by atomic mass is 9.97. The summed E-state index contributed by atoms with van der Waals surface area (Å²) in [5.74, 6) is -0.214. The van der Waals surface area contributed by atoms with Crippen molar-refractivity contribution in [1.29, 1.82) is 0 Å². The standard InChI is InChI=1S/C51H97NO13/c1-3-5-7-9-10-11-12-13-14-15-16-17-18-19-20-21-22-23-24-25-26-27-28-29-30-31-33-35-43(56)52-39(40(55)34-32-8-6-4-2)38-62-50-48(61)46(59)49(42(37-54)64-50)65-51-47(60)45(58)44(57)41(36-53)63-51/h15-16,39-42,44-51,53-55,57-61H,3-14,17-38H2,1-2H3,(H,52,56)/b16-15-. The van der Waals surface area contributed by atoms with Gasteiger partial charge in [0.15, 0.2) is 12.6 Å². The molecule has 2 rings (SSSR count). The van der Waals surface area contributed by atoms with Crippen molar-refractivity contribution in [1.82, 2.24) is 5.32 Å². The first-order valence-corrected chi connectivity index (χ1v) is 26.4. The van der Waals surface area contributed by atoms with E-state index in [1.165, 1.54) is 135 Å². The molecule has 1 amide bonds. The first-order valence-electron chi connectivity index (χ1n) is 26.4. The van der Waals surface area contributed by atoms with Gasteiger partial charge in [-0.15, -0.1) is 0 Å². The summed E-state index contributed by atoms with van der Waals surface area (Å²) in [6, 6.07) is -0.820. The molecule has 0 aromatic carbocycles. The fraction of sp³-hybridized carbons (Fsp3) is 0.941. The van der Waals surface area contributed by atoms with Crippen LogP contribution in [0.25, 0.3) is 0 Å². The molecule has 2 fully saturated rings. The number of carbonyl (C=O) groups is 1. The van der Waals surface area contributed by atoms with Crippen molar-refractivity contribution >= 4 is 5.91 Å². The largest absolute Gasteiger partial charge is 0.394 e. The molecule has 65 heavy (non-hydrogen) atoms. The van der Waals surface area contributed by atoms with Gasteiger partial charge in [0, 0.05) is 6.42 Å². The fourth-order valence-corrected chi connectivity index (χ4v) is 8.88. The Labute approximate surface area is 393 Å². The molecule has 0 spiro atoms. The van der Waals surface area contributed by atoms with Crippen LogP contribution in [0, 0.1) is 0 Å². The normalized spacial score (nSPS) is 27.0. The van der Waals surface area contributed by atoms with E-state index in [9.17, 15) is 45.6 Å². The molecule has 2 saturated heterocycles. The summed E-state index contributed by atoms with van der Waals surface area (Å²) < 4.78 is 22.6. The van der Waals surface area contributed by atoms with Crippen molar-refractivity contribution in [3.63, 3.8) is 0 Å². The molecular formula is C51H97NO13. The van der Waals surface area contributed by atoms with E-state index in [4.69, 9.17) is 18.9 Å². The lowest BCUT2D eigenvalue weighted by Crippen LogP contribution is -2.65. The van der Waals surface area contributed by atoms with E-state index in [2.05, 4.69) is 31.3 Å². The number of aliphatic hydroxyl groups excluding tert-OH is 8. The van der Waals surface area contributed by atoms with Crippen LogP contribution < -0.4 is 5.32 Å². The van der Waals surface area contributed by atoms with E-state index in [0.29, 0.717) is 12.8 Å². The molecule has 14 nitrogen and oxygen atoms in total. The first kappa shape index (κ1) is 59.9. The van der Waals surface area contributed by atoms with E-state index < -0.39 is 86.8 Å². The Hall–Kier alpha value is -1.27. The third-order valence-electron chi connectivity index (χ3n) is 13.2. The highest BCUT2D eigenvalue weighted by Gasteiger charge is 2.51. The van der Waals surface area contributed by atoms with Gasteiger partial charge >= 0.3 is 0 Å². The molecule has 2 aliphatic rings. The van der Waals surface area contributed by atoms with Gasteiger partial charge in [0.2, 0.25) is 5.91 Å². The quantitative estimate of drug-likeness (QED) is 0.0219. The van der Waals surface area contributed by atoms with Crippen LogP contribution in [0.5, 0.6) is 0 Å². The van der Waals surface area contributed by atoms with Gasteiger partial charge in [-0.25, -0.2) is 0 Å². The topological polar surface area (TPSA) is 228 Å². The molecule has 0 aromatic heterocycles. The zero-order valence-corrected chi connectivity index (χ0v) is 40.7. The SMILES string of the molecule is CCCCCCCCCC/C=C\CCCCCCCCCCCCCCCCCC(=O)NC(COC1OC(CO)C(OC2OC(CO)C(O)C(O)C2O)C(O)C1O)C(O)CCCCCC. The van der Waals surface area contributed by atoms with Crippen LogP contribution in [0.3, 0.4) is 0 Å². The van der Waals surface area contributed by atoms with Gasteiger partial charge in [0.25, 0.3) is 0 Å². The van der Waals surface area contributed by atoms with Gasteiger partial charge in [-0.2, -0.15) is 0 Å². The number of hydrogen-bond donors (Lipinski definition) is 9. The second-order valence-corrected chi connectivity index (χ2v) is 19.0. The Morgan fingerprint density at radius 3 is 1.46 bits per heavy atom.